The summed E-state index contributed by atoms with van der Waals surface area (Å²) in [6, 6.07) is 7.97. The summed E-state index contributed by atoms with van der Waals surface area (Å²) in [6.45, 7) is 1.37. The quantitative estimate of drug-likeness (QED) is 0.798. The van der Waals surface area contributed by atoms with Crippen LogP contribution in [-0.4, -0.2) is 19.0 Å². The number of amides is 1. The Hall–Kier alpha value is -1.39. The highest BCUT2D eigenvalue weighted by atomic mass is 32.1. The number of hydrogen-bond donors (Lipinski definition) is 2. The van der Waals surface area contributed by atoms with Crippen LogP contribution in [0.25, 0.3) is 10.1 Å². The number of unbranched alkanes of at least 4 members (excludes halogenated alkanes) is 1. The smallest absolute Gasteiger partial charge is 0.252 e. The zero-order chi connectivity index (χ0) is 12.1. The summed E-state index contributed by atoms with van der Waals surface area (Å²) in [5, 5.41) is 5.88. The maximum absolute atomic E-state index is 11.9. The number of carbonyl (C=O) groups is 1. The minimum Gasteiger partial charge on any atom is -0.352 e. The summed E-state index contributed by atoms with van der Waals surface area (Å²) in [4.78, 5) is 11.9. The van der Waals surface area contributed by atoms with Gasteiger partial charge in [0, 0.05) is 22.0 Å². The second-order valence-corrected chi connectivity index (χ2v) is 4.81. The first-order valence-corrected chi connectivity index (χ1v) is 6.65. The first-order chi connectivity index (χ1) is 8.33. The molecular weight excluding hydrogens is 232 g/mol. The van der Waals surface area contributed by atoms with E-state index >= 15 is 0 Å². The number of fused-ring (bicyclic) bond motifs is 1. The van der Waals surface area contributed by atoms with Crippen molar-refractivity contribution in [2.45, 2.75) is 12.8 Å². The number of benzene rings is 1. The monoisotopic (exact) mass is 248 g/mol. The van der Waals surface area contributed by atoms with Crippen molar-refractivity contribution < 1.29 is 4.79 Å². The molecule has 4 heteroatoms. The van der Waals surface area contributed by atoms with E-state index < -0.39 is 0 Å². The summed E-state index contributed by atoms with van der Waals surface area (Å²) in [5.74, 6) is 0.0134. The molecule has 3 nitrogen and oxygen atoms in total. The van der Waals surface area contributed by atoms with Crippen molar-refractivity contribution in [1.82, 2.24) is 5.32 Å². The van der Waals surface area contributed by atoms with E-state index in [0.29, 0.717) is 13.1 Å². The zero-order valence-corrected chi connectivity index (χ0v) is 10.4. The topological polar surface area (TPSA) is 55.1 Å². The molecule has 2 rings (SSSR count). The normalized spacial score (nSPS) is 10.6. The fourth-order valence-corrected chi connectivity index (χ4v) is 2.66. The predicted octanol–water partition coefficient (Wildman–Crippen LogP) is 2.37. The molecule has 0 spiro atoms. The molecule has 0 aliphatic carbocycles. The van der Waals surface area contributed by atoms with Gasteiger partial charge in [0.2, 0.25) is 0 Å². The Morgan fingerprint density at radius 1 is 1.29 bits per heavy atom. The van der Waals surface area contributed by atoms with E-state index in [0.717, 1.165) is 28.5 Å². The van der Waals surface area contributed by atoms with Crippen LogP contribution in [0.5, 0.6) is 0 Å². The third-order valence-corrected chi connectivity index (χ3v) is 3.61. The van der Waals surface area contributed by atoms with Gasteiger partial charge < -0.3 is 11.1 Å². The summed E-state index contributed by atoms with van der Waals surface area (Å²) in [6.07, 6.45) is 1.88. The molecule has 1 aromatic carbocycles. The molecule has 0 saturated heterocycles. The van der Waals surface area contributed by atoms with Crippen LogP contribution in [0, 0.1) is 0 Å². The Kier molecular flexibility index (Phi) is 4.12. The lowest BCUT2D eigenvalue weighted by Crippen LogP contribution is -2.24. The Labute approximate surface area is 105 Å². The summed E-state index contributed by atoms with van der Waals surface area (Å²) in [7, 11) is 0. The van der Waals surface area contributed by atoms with Gasteiger partial charge in [-0.15, -0.1) is 11.3 Å². The van der Waals surface area contributed by atoms with Crippen LogP contribution in [0.3, 0.4) is 0 Å². The lowest BCUT2D eigenvalue weighted by Gasteiger charge is -2.03. The van der Waals surface area contributed by atoms with E-state index in [1.807, 2.05) is 29.6 Å². The maximum atomic E-state index is 11.9. The number of rotatable bonds is 5. The van der Waals surface area contributed by atoms with Gasteiger partial charge in [0.05, 0.1) is 5.56 Å². The molecule has 0 fully saturated rings. The van der Waals surface area contributed by atoms with Crippen LogP contribution >= 0.6 is 11.3 Å². The largest absolute Gasteiger partial charge is 0.352 e. The lowest BCUT2D eigenvalue weighted by molar-refractivity contribution is 0.0955. The molecule has 3 N–H and O–H groups in total. The van der Waals surface area contributed by atoms with Crippen molar-refractivity contribution in [2.24, 2.45) is 5.73 Å². The van der Waals surface area contributed by atoms with Gasteiger partial charge in [-0.2, -0.15) is 0 Å². The van der Waals surface area contributed by atoms with Gasteiger partial charge in [0.1, 0.15) is 0 Å². The van der Waals surface area contributed by atoms with Gasteiger partial charge in [-0.05, 0) is 25.5 Å². The maximum Gasteiger partial charge on any atom is 0.252 e. The third-order valence-electron chi connectivity index (χ3n) is 2.64. The first-order valence-electron chi connectivity index (χ1n) is 5.77. The van der Waals surface area contributed by atoms with Gasteiger partial charge in [-0.25, -0.2) is 0 Å². The Bertz CT molecular complexity index is 507. The number of nitrogens with two attached hydrogens (primary N) is 1. The van der Waals surface area contributed by atoms with Gasteiger partial charge in [0.25, 0.3) is 5.91 Å². The fraction of sp³-hybridized carbons (Fsp3) is 0.308. The molecular formula is C13H16N2OS. The zero-order valence-electron chi connectivity index (χ0n) is 9.61. The molecule has 90 valence electrons. The van der Waals surface area contributed by atoms with Crippen LogP contribution in [0.15, 0.2) is 29.6 Å². The Balaban J connectivity index is 2.04. The van der Waals surface area contributed by atoms with Crippen molar-refractivity contribution in [1.29, 1.82) is 0 Å². The van der Waals surface area contributed by atoms with E-state index in [-0.39, 0.29) is 5.91 Å². The highest BCUT2D eigenvalue weighted by Crippen LogP contribution is 2.25. The summed E-state index contributed by atoms with van der Waals surface area (Å²) >= 11 is 1.61. The molecule has 0 saturated carbocycles. The second-order valence-electron chi connectivity index (χ2n) is 3.90. The van der Waals surface area contributed by atoms with Crippen molar-refractivity contribution in [3.8, 4) is 0 Å². The molecule has 1 heterocycles. The molecule has 0 atom stereocenters. The molecule has 17 heavy (non-hydrogen) atoms. The minimum absolute atomic E-state index is 0.0134. The SMILES string of the molecule is NCCCCNC(=O)c1csc2ccccc12. The van der Waals surface area contributed by atoms with Gasteiger partial charge in [-0.3, -0.25) is 4.79 Å². The van der Waals surface area contributed by atoms with Crippen LogP contribution in [0.1, 0.15) is 23.2 Å². The van der Waals surface area contributed by atoms with Crippen LogP contribution < -0.4 is 11.1 Å². The molecule has 0 bridgehead atoms. The standard InChI is InChI=1S/C13H16N2OS/c14-7-3-4-8-15-13(16)11-9-17-12-6-2-1-5-10(11)12/h1-2,5-6,9H,3-4,7-8,14H2,(H,15,16). The van der Waals surface area contributed by atoms with E-state index in [1.165, 1.54) is 0 Å². The Morgan fingerprint density at radius 2 is 2.12 bits per heavy atom. The number of carbonyl (C=O) groups excluding carboxylic acids is 1. The van der Waals surface area contributed by atoms with Crippen LogP contribution in [0.4, 0.5) is 0 Å². The molecule has 0 aliphatic heterocycles. The van der Waals surface area contributed by atoms with Crippen molar-refractivity contribution in [3.63, 3.8) is 0 Å². The highest BCUT2D eigenvalue weighted by Gasteiger charge is 2.10. The molecule has 2 aromatic rings. The van der Waals surface area contributed by atoms with Crippen molar-refractivity contribution >= 4 is 27.3 Å². The number of nitrogens with one attached hydrogen (secondary N) is 1. The van der Waals surface area contributed by atoms with E-state index in [9.17, 15) is 4.79 Å². The molecule has 0 radical (unpaired) electrons. The average molecular weight is 248 g/mol. The lowest BCUT2D eigenvalue weighted by atomic mass is 10.1. The van der Waals surface area contributed by atoms with Crippen LogP contribution in [-0.2, 0) is 0 Å². The Morgan fingerprint density at radius 3 is 2.94 bits per heavy atom. The van der Waals surface area contributed by atoms with Crippen LogP contribution in [0.2, 0.25) is 0 Å². The van der Waals surface area contributed by atoms with E-state index in [4.69, 9.17) is 5.73 Å². The van der Waals surface area contributed by atoms with Crippen molar-refractivity contribution in [2.75, 3.05) is 13.1 Å². The van der Waals surface area contributed by atoms with Gasteiger partial charge >= 0.3 is 0 Å². The second kappa shape index (κ2) is 5.80. The third kappa shape index (κ3) is 2.84. The summed E-state index contributed by atoms with van der Waals surface area (Å²) in [5.41, 5.74) is 6.18. The molecule has 1 amide bonds. The number of hydrogen-bond acceptors (Lipinski definition) is 3. The average Bonchev–Trinajstić information content (AvgIpc) is 2.78. The minimum atomic E-state index is 0.0134. The predicted molar refractivity (Wildman–Crippen MR) is 72.4 cm³/mol. The molecule has 0 aliphatic rings. The number of thiophene rings is 1. The fourth-order valence-electron chi connectivity index (χ4n) is 1.72. The molecule has 0 unspecified atom stereocenters. The first kappa shape index (κ1) is 12.1. The van der Waals surface area contributed by atoms with Crippen molar-refractivity contribution in [3.05, 3.63) is 35.2 Å². The molecule has 1 aromatic heterocycles. The van der Waals surface area contributed by atoms with Gasteiger partial charge in [-0.1, -0.05) is 18.2 Å². The van der Waals surface area contributed by atoms with E-state index in [2.05, 4.69) is 5.32 Å². The van der Waals surface area contributed by atoms with Gasteiger partial charge in [0.15, 0.2) is 0 Å². The van der Waals surface area contributed by atoms with E-state index in [1.54, 1.807) is 11.3 Å². The summed E-state index contributed by atoms with van der Waals surface area (Å²) < 4.78 is 1.15. The highest BCUT2D eigenvalue weighted by molar-refractivity contribution is 7.17.